The zero-order valence-electron chi connectivity index (χ0n) is 13.8. The van der Waals surface area contributed by atoms with Crippen molar-refractivity contribution in [1.29, 1.82) is 0 Å². The second kappa shape index (κ2) is 6.73. The van der Waals surface area contributed by atoms with Crippen LogP contribution in [0.5, 0.6) is 0 Å². The number of carbonyl (C=O) groups is 1. The predicted molar refractivity (Wildman–Crippen MR) is 104 cm³/mol. The Kier molecular flexibility index (Phi) is 4.29. The molecule has 1 aliphatic carbocycles. The second-order valence-electron chi connectivity index (χ2n) is 6.31. The van der Waals surface area contributed by atoms with Crippen molar-refractivity contribution in [2.24, 2.45) is 0 Å². The van der Waals surface area contributed by atoms with Crippen LogP contribution in [0.25, 0.3) is 11.1 Å². The lowest BCUT2D eigenvalue weighted by Gasteiger charge is -2.08. The molecule has 0 saturated carbocycles. The lowest BCUT2D eigenvalue weighted by atomic mass is 10.1. The molecular formula is C22H18ClNO. The van der Waals surface area contributed by atoms with Crippen molar-refractivity contribution in [3.8, 4) is 11.1 Å². The maximum atomic E-state index is 12.2. The van der Waals surface area contributed by atoms with Crippen LogP contribution in [0.3, 0.4) is 0 Å². The van der Waals surface area contributed by atoms with Gasteiger partial charge in [0, 0.05) is 29.2 Å². The summed E-state index contributed by atoms with van der Waals surface area (Å²) in [6.45, 7) is 0.618. The molecule has 3 aromatic rings. The van der Waals surface area contributed by atoms with E-state index in [0.717, 1.165) is 12.1 Å². The number of halogens is 1. The fourth-order valence-corrected chi connectivity index (χ4v) is 3.48. The van der Waals surface area contributed by atoms with Gasteiger partial charge in [0.2, 0.25) is 0 Å². The number of hydrogen-bond donors (Lipinski definition) is 1. The summed E-state index contributed by atoms with van der Waals surface area (Å²) in [6.07, 6.45) is 1.43. The van der Waals surface area contributed by atoms with Crippen molar-refractivity contribution in [1.82, 2.24) is 0 Å². The number of benzene rings is 3. The number of carbonyl (C=O) groups excluding carboxylic acids is 1. The van der Waals surface area contributed by atoms with Gasteiger partial charge in [0.15, 0.2) is 5.78 Å². The van der Waals surface area contributed by atoms with Gasteiger partial charge in [0.1, 0.15) is 0 Å². The predicted octanol–water partition coefficient (Wildman–Crippen LogP) is 5.60. The van der Waals surface area contributed by atoms with E-state index in [1.54, 1.807) is 24.3 Å². The van der Waals surface area contributed by atoms with Gasteiger partial charge in [-0.15, -0.1) is 0 Å². The Morgan fingerprint density at radius 2 is 1.68 bits per heavy atom. The molecule has 0 amide bonds. The molecule has 2 nitrogen and oxygen atoms in total. The molecule has 3 aromatic carbocycles. The minimum Gasteiger partial charge on any atom is -0.385 e. The van der Waals surface area contributed by atoms with Gasteiger partial charge in [0.05, 0.1) is 0 Å². The second-order valence-corrected chi connectivity index (χ2v) is 6.75. The first-order valence-corrected chi connectivity index (χ1v) is 8.82. The summed E-state index contributed by atoms with van der Waals surface area (Å²) >= 11 is 5.86. The third kappa shape index (κ3) is 3.31. The quantitative estimate of drug-likeness (QED) is 0.476. The third-order valence-electron chi connectivity index (χ3n) is 4.64. The van der Waals surface area contributed by atoms with E-state index < -0.39 is 0 Å². The Morgan fingerprint density at radius 3 is 2.52 bits per heavy atom. The minimum absolute atomic E-state index is 0.123. The van der Waals surface area contributed by atoms with Crippen LogP contribution in [0, 0.1) is 0 Å². The van der Waals surface area contributed by atoms with Crippen LogP contribution in [-0.2, 0) is 6.42 Å². The first-order chi connectivity index (χ1) is 12.2. The highest BCUT2D eigenvalue weighted by molar-refractivity contribution is 6.30. The summed E-state index contributed by atoms with van der Waals surface area (Å²) in [5.41, 5.74) is 7.15. The van der Waals surface area contributed by atoms with Crippen molar-refractivity contribution in [2.75, 3.05) is 11.9 Å². The van der Waals surface area contributed by atoms with Crippen molar-refractivity contribution in [3.63, 3.8) is 0 Å². The zero-order valence-corrected chi connectivity index (χ0v) is 14.5. The molecule has 1 aliphatic rings. The van der Waals surface area contributed by atoms with E-state index in [9.17, 15) is 4.79 Å². The summed E-state index contributed by atoms with van der Waals surface area (Å²) < 4.78 is 0. The lowest BCUT2D eigenvalue weighted by molar-refractivity contribution is 0.0986. The standard InChI is InChI=1S/C22H18ClNO/c23-18-7-5-15(6-8-18)22(25)11-12-24-19-9-10-21-17(14-19)13-16-3-1-2-4-20(16)21/h1-10,14,24H,11-13H2. The fourth-order valence-electron chi connectivity index (χ4n) is 3.36. The average molecular weight is 348 g/mol. The number of anilines is 1. The van der Waals surface area contributed by atoms with E-state index in [2.05, 4.69) is 47.8 Å². The molecule has 0 aromatic heterocycles. The number of hydrogen-bond acceptors (Lipinski definition) is 2. The van der Waals surface area contributed by atoms with E-state index in [0.29, 0.717) is 23.6 Å². The fraction of sp³-hybridized carbons (Fsp3) is 0.136. The van der Waals surface area contributed by atoms with Crippen LogP contribution in [0.4, 0.5) is 5.69 Å². The highest BCUT2D eigenvalue weighted by atomic mass is 35.5. The van der Waals surface area contributed by atoms with Crippen molar-refractivity contribution < 1.29 is 4.79 Å². The van der Waals surface area contributed by atoms with Gasteiger partial charge in [-0.25, -0.2) is 0 Å². The van der Waals surface area contributed by atoms with E-state index in [1.165, 1.54) is 22.3 Å². The molecule has 0 unspecified atom stereocenters. The molecule has 0 fully saturated rings. The highest BCUT2D eigenvalue weighted by Crippen LogP contribution is 2.37. The molecular weight excluding hydrogens is 330 g/mol. The molecule has 0 spiro atoms. The Hall–Kier alpha value is -2.58. The number of nitrogens with one attached hydrogen (secondary N) is 1. The van der Waals surface area contributed by atoms with Gasteiger partial charge in [0.25, 0.3) is 0 Å². The number of ketones is 1. The van der Waals surface area contributed by atoms with Crippen molar-refractivity contribution in [3.05, 3.63) is 88.4 Å². The molecule has 0 radical (unpaired) electrons. The smallest absolute Gasteiger partial charge is 0.164 e. The van der Waals surface area contributed by atoms with Crippen LogP contribution in [0.2, 0.25) is 5.02 Å². The molecule has 0 atom stereocenters. The first-order valence-electron chi connectivity index (χ1n) is 8.44. The molecule has 0 bridgehead atoms. The van der Waals surface area contributed by atoms with Gasteiger partial charge < -0.3 is 5.32 Å². The van der Waals surface area contributed by atoms with Crippen LogP contribution >= 0.6 is 11.6 Å². The van der Waals surface area contributed by atoms with Crippen LogP contribution in [-0.4, -0.2) is 12.3 Å². The Morgan fingerprint density at radius 1 is 0.920 bits per heavy atom. The first kappa shape index (κ1) is 15.9. The summed E-state index contributed by atoms with van der Waals surface area (Å²) in [4.78, 5) is 12.2. The summed E-state index contributed by atoms with van der Waals surface area (Å²) in [6, 6.07) is 22.1. The van der Waals surface area contributed by atoms with Crippen molar-refractivity contribution >= 4 is 23.1 Å². The molecule has 124 valence electrons. The van der Waals surface area contributed by atoms with E-state index in [1.807, 2.05) is 0 Å². The number of Topliss-reactive ketones (excluding diaryl/α,β-unsaturated/α-hetero) is 1. The molecule has 25 heavy (non-hydrogen) atoms. The Balaban J connectivity index is 1.39. The van der Waals surface area contributed by atoms with E-state index >= 15 is 0 Å². The summed E-state index contributed by atoms with van der Waals surface area (Å²) in [5.74, 6) is 0.123. The summed E-state index contributed by atoms with van der Waals surface area (Å²) in [5, 5.41) is 4.01. The monoisotopic (exact) mass is 347 g/mol. The highest BCUT2D eigenvalue weighted by Gasteiger charge is 2.17. The Labute approximate surface area is 152 Å². The zero-order chi connectivity index (χ0) is 17.2. The third-order valence-corrected chi connectivity index (χ3v) is 4.89. The van der Waals surface area contributed by atoms with Gasteiger partial charge in [-0.2, -0.15) is 0 Å². The molecule has 0 heterocycles. The molecule has 4 rings (SSSR count). The average Bonchev–Trinajstić information content (AvgIpc) is 3.00. The number of fused-ring (bicyclic) bond motifs is 3. The van der Waals surface area contributed by atoms with Gasteiger partial charge >= 0.3 is 0 Å². The maximum Gasteiger partial charge on any atom is 0.164 e. The molecule has 0 saturated heterocycles. The SMILES string of the molecule is O=C(CCNc1ccc2c(c1)Cc1ccccc1-2)c1ccc(Cl)cc1. The van der Waals surface area contributed by atoms with Crippen LogP contribution in [0.15, 0.2) is 66.7 Å². The van der Waals surface area contributed by atoms with Gasteiger partial charge in [-0.1, -0.05) is 41.9 Å². The maximum absolute atomic E-state index is 12.2. The largest absolute Gasteiger partial charge is 0.385 e. The lowest BCUT2D eigenvalue weighted by Crippen LogP contribution is -2.09. The van der Waals surface area contributed by atoms with Gasteiger partial charge in [-0.05, 0) is 65.1 Å². The Bertz CT molecular complexity index is 931. The van der Waals surface area contributed by atoms with E-state index in [-0.39, 0.29) is 5.78 Å². The topological polar surface area (TPSA) is 29.1 Å². The molecule has 3 heteroatoms. The molecule has 1 N–H and O–H groups in total. The van der Waals surface area contributed by atoms with Crippen LogP contribution in [0.1, 0.15) is 27.9 Å². The normalized spacial score (nSPS) is 11.7. The van der Waals surface area contributed by atoms with Gasteiger partial charge in [-0.3, -0.25) is 4.79 Å². The minimum atomic E-state index is 0.123. The molecule has 0 aliphatic heterocycles. The summed E-state index contributed by atoms with van der Waals surface area (Å²) in [7, 11) is 0. The van der Waals surface area contributed by atoms with Crippen molar-refractivity contribution in [2.45, 2.75) is 12.8 Å². The van der Waals surface area contributed by atoms with Crippen LogP contribution < -0.4 is 5.32 Å². The van der Waals surface area contributed by atoms with E-state index in [4.69, 9.17) is 11.6 Å². The number of rotatable bonds is 5.